The topological polar surface area (TPSA) is 81.5 Å². The van der Waals surface area contributed by atoms with Crippen molar-refractivity contribution in [1.82, 2.24) is 19.0 Å². The van der Waals surface area contributed by atoms with Gasteiger partial charge in [-0.05, 0) is 68.9 Å². The van der Waals surface area contributed by atoms with E-state index in [1.54, 1.807) is 16.8 Å². The van der Waals surface area contributed by atoms with Crippen molar-refractivity contribution >= 4 is 16.3 Å². The maximum Gasteiger partial charge on any atom is 0.273 e. The highest BCUT2D eigenvalue weighted by Gasteiger charge is 2.47. The Morgan fingerprint density at radius 3 is 2.41 bits per heavy atom. The number of benzene rings is 2. The summed E-state index contributed by atoms with van der Waals surface area (Å²) >= 11 is 0. The van der Waals surface area contributed by atoms with Gasteiger partial charge in [-0.1, -0.05) is 34.5 Å². The fourth-order valence-electron chi connectivity index (χ4n) is 5.55. The van der Waals surface area contributed by atoms with Gasteiger partial charge in [0.1, 0.15) is 5.69 Å². The summed E-state index contributed by atoms with van der Waals surface area (Å²) in [7, 11) is -3.59. The van der Waals surface area contributed by atoms with Crippen molar-refractivity contribution in [1.29, 1.82) is 0 Å². The molecule has 0 bridgehead atoms. The molecular formula is C26H28N4O3S. The lowest BCUT2D eigenvalue weighted by Gasteiger charge is -2.30. The van der Waals surface area contributed by atoms with Crippen LogP contribution in [0.2, 0.25) is 0 Å². The van der Waals surface area contributed by atoms with E-state index in [0.29, 0.717) is 36.0 Å². The second kappa shape index (κ2) is 7.86. The summed E-state index contributed by atoms with van der Waals surface area (Å²) in [6.07, 6.45) is 3.00. The monoisotopic (exact) mass is 476 g/mol. The molecule has 3 heterocycles. The van der Waals surface area contributed by atoms with Crippen LogP contribution in [0.4, 0.5) is 0 Å². The van der Waals surface area contributed by atoms with Gasteiger partial charge in [0, 0.05) is 12.1 Å². The molecule has 2 aromatic carbocycles. The van der Waals surface area contributed by atoms with Gasteiger partial charge in [0.25, 0.3) is 5.91 Å². The Morgan fingerprint density at radius 1 is 1.03 bits per heavy atom. The van der Waals surface area contributed by atoms with Crippen molar-refractivity contribution in [3.8, 4) is 5.69 Å². The van der Waals surface area contributed by atoms with E-state index in [2.05, 4.69) is 5.10 Å². The molecule has 34 heavy (non-hydrogen) atoms. The molecule has 3 atom stereocenters. The van der Waals surface area contributed by atoms with Gasteiger partial charge in [-0.15, -0.1) is 4.31 Å². The van der Waals surface area contributed by atoms with Crippen LogP contribution in [0.15, 0.2) is 59.5 Å². The number of hydrogen-bond acceptors (Lipinski definition) is 4. The van der Waals surface area contributed by atoms with E-state index in [1.165, 1.54) is 22.7 Å². The van der Waals surface area contributed by atoms with Crippen LogP contribution in [0.25, 0.3) is 5.69 Å². The fourth-order valence-corrected chi connectivity index (χ4v) is 7.05. The predicted octanol–water partition coefficient (Wildman–Crippen LogP) is 4.25. The largest absolute Gasteiger partial charge is 0.593 e. The lowest BCUT2D eigenvalue weighted by Crippen LogP contribution is -2.42. The predicted molar refractivity (Wildman–Crippen MR) is 128 cm³/mol. The average molecular weight is 477 g/mol. The maximum absolute atomic E-state index is 13.6. The normalized spacial score (nSPS) is 24.4. The van der Waals surface area contributed by atoms with Gasteiger partial charge < -0.3 is 9.45 Å². The molecule has 3 aliphatic rings. The minimum absolute atomic E-state index is 0.0787. The van der Waals surface area contributed by atoms with Crippen molar-refractivity contribution in [3.63, 3.8) is 0 Å². The Bertz CT molecular complexity index is 1300. The zero-order valence-corrected chi connectivity index (χ0v) is 20.2. The van der Waals surface area contributed by atoms with Gasteiger partial charge in [-0.2, -0.15) is 5.10 Å². The third-order valence-electron chi connectivity index (χ3n) is 7.47. The number of para-hydroxylation sites is 1. The molecule has 3 aromatic rings. The zero-order chi connectivity index (χ0) is 23.6. The number of fused-ring (bicyclic) bond motifs is 1. The Labute approximate surface area is 200 Å². The summed E-state index contributed by atoms with van der Waals surface area (Å²) in [6, 6.07) is 16.7. The molecule has 2 aliphatic heterocycles. The molecule has 6 rings (SSSR count). The maximum atomic E-state index is 13.6. The molecule has 0 N–H and O–H groups in total. The number of amides is 1. The minimum atomic E-state index is -3.59. The van der Waals surface area contributed by atoms with E-state index in [0.717, 1.165) is 16.9 Å². The fraction of sp³-hybridized carbons (Fsp3) is 0.385. The molecule has 1 saturated heterocycles. The van der Waals surface area contributed by atoms with E-state index in [9.17, 15) is 13.6 Å². The van der Waals surface area contributed by atoms with Crippen molar-refractivity contribution in [2.24, 2.45) is 0 Å². The number of rotatable bonds is 5. The van der Waals surface area contributed by atoms with Crippen molar-refractivity contribution < 1.29 is 13.6 Å². The number of aryl methyl sites for hydroxylation is 1. The molecule has 1 amide bonds. The molecule has 0 radical (unpaired) electrons. The highest BCUT2D eigenvalue weighted by Crippen LogP contribution is 2.42. The van der Waals surface area contributed by atoms with Gasteiger partial charge in [0.2, 0.25) is 0 Å². The summed E-state index contributed by atoms with van der Waals surface area (Å²) < 4.78 is 29.9. The molecule has 2 fully saturated rings. The first-order valence-corrected chi connectivity index (χ1v) is 13.4. The molecular weight excluding hydrogens is 448 g/mol. The van der Waals surface area contributed by atoms with Gasteiger partial charge in [-0.25, -0.2) is 4.68 Å². The van der Waals surface area contributed by atoms with E-state index < -0.39 is 10.4 Å². The lowest BCUT2D eigenvalue weighted by molar-refractivity contribution is 0.0646. The van der Waals surface area contributed by atoms with Crippen LogP contribution in [-0.2, 0) is 14.6 Å². The second-order valence-corrected chi connectivity index (χ2v) is 11.6. The van der Waals surface area contributed by atoms with Crippen LogP contribution in [-0.4, -0.2) is 48.6 Å². The average Bonchev–Trinajstić information content (AvgIpc) is 3.38. The summed E-state index contributed by atoms with van der Waals surface area (Å²) in [5, 5.41) is 4.64. The first-order valence-electron chi connectivity index (χ1n) is 11.9. The smallest absolute Gasteiger partial charge is 0.273 e. The first kappa shape index (κ1) is 21.7. The molecule has 7 nitrogen and oxygen atoms in total. The van der Waals surface area contributed by atoms with E-state index >= 15 is 0 Å². The van der Waals surface area contributed by atoms with Crippen LogP contribution in [0.3, 0.4) is 0 Å². The van der Waals surface area contributed by atoms with Crippen LogP contribution in [0, 0.1) is 6.92 Å². The number of sulfonamides is 1. The minimum Gasteiger partial charge on any atom is -0.593 e. The highest BCUT2D eigenvalue weighted by molar-refractivity contribution is 7.95. The summed E-state index contributed by atoms with van der Waals surface area (Å²) in [5.74, 6) is 0.512. The molecule has 8 heteroatoms. The number of carbonyl (C=O) groups is 1. The van der Waals surface area contributed by atoms with Crippen LogP contribution < -0.4 is 0 Å². The Balaban J connectivity index is 1.24. The molecule has 1 aromatic heterocycles. The van der Waals surface area contributed by atoms with Crippen molar-refractivity contribution in [2.45, 2.75) is 56.0 Å². The molecule has 1 aliphatic carbocycles. The molecule has 176 valence electrons. The van der Waals surface area contributed by atoms with E-state index in [-0.39, 0.29) is 18.0 Å². The van der Waals surface area contributed by atoms with Crippen molar-refractivity contribution in [2.75, 3.05) is 13.1 Å². The van der Waals surface area contributed by atoms with E-state index in [4.69, 9.17) is 0 Å². The van der Waals surface area contributed by atoms with Gasteiger partial charge in [0.15, 0.2) is 15.3 Å². The Kier molecular flexibility index (Phi) is 5.02. The standard InChI is InChI=1S/C26H28N4O3S/c1-17-24-18(2)29(26(31)25(24)30(27-17)21-6-4-3-5-7-21)22-14-15-28(16-22)34(32,33)23-12-10-20(11-13-23)19-8-9-19/h3-7,10-13,18-19,22H,8-9,14-16H2,1-2H3. The quantitative estimate of drug-likeness (QED) is 0.516. The summed E-state index contributed by atoms with van der Waals surface area (Å²) in [6.45, 7) is 4.67. The Hall–Kier alpha value is -2.81. The third kappa shape index (κ3) is 3.35. The first-order chi connectivity index (χ1) is 16.4. The van der Waals surface area contributed by atoms with Gasteiger partial charge in [-0.3, -0.25) is 4.79 Å². The van der Waals surface area contributed by atoms with Gasteiger partial charge in [0.05, 0.1) is 30.0 Å². The third-order valence-corrected chi connectivity index (χ3v) is 9.35. The highest BCUT2D eigenvalue weighted by atomic mass is 32.3. The van der Waals surface area contributed by atoms with Crippen LogP contribution >= 0.6 is 0 Å². The molecule has 0 spiro atoms. The molecule has 1 saturated carbocycles. The van der Waals surface area contributed by atoms with Crippen LogP contribution in [0.1, 0.15) is 65.5 Å². The number of nitrogens with zero attached hydrogens (tertiary/aromatic N) is 4. The van der Waals surface area contributed by atoms with E-state index in [1.807, 2.05) is 61.2 Å². The SMILES string of the molecule is Cc1nn(-c2ccccc2)c2c1C(C)N(C1CCN([S+](=O)([O-])c3ccc(C4CC4)cc3)C1)C2=O. The number of hydrogen-bond donors (Lipinski definition) is 0. The second-order valence-electron chi connectivity index (χ2n) is 9.63. The Morgan fingerprint density at radius 2 is 1.74 bits per heavy atom. The number of aromatic nitrogens is 2. The van der Waals surface area contributed by atoms with Crippen LogP contribution in [0.5, 0.6) is 0 Å². The lowest BCUT2D eigenvalue weighted by atomic mass is 10.1. The summed E-state index contributed by atoms with van der Waals surface area (Å²) in [5.41, 5.74) is 4.43. The summed E-state index contributed by atoms with van der Waals surface area (Å²) in [4.78, 5) is 15.8. The number of carbonyl (C=O) groups excluding carboxylic acids is 1. The molecule has 3 unspecified atom stereocenters. The van der Waals surface area contributed by atoms with Gasteiger partial charge >= 0.3 is 0 Å². The van der Waals surface area contributed by atoms with Crippen molar-refractivity contribution in [3.05, 3.63) is 77.1 Å². The zero-order valence-electron chi connectivity index (χ0n) is 19.4.